The van der Waals surface area contributed by atoms with Crippen LogP contribution in [-0.4, -0.2) is 26.9 Å². The van der Waals surface area contributed by atoms with Gasteiger partial charge in [-0.1, -0.05) is 0 Å². The molecule has 0 fully saturated rings. The van der Waals surface area contributed by atoms with Gasteiger partial charge in [-0.2, -0.15) is 5.10 Å². The second-order valence-corrected chi connectivity index (χ2v) is 2.68. The van der Waals surface area contributed by atoms with Crippen molar-refractivity contribution in [2.24, 2.45) is 7.05 Å². The fourth-order valence-corrected chi connectivity index (χ4v) is 0.785. The molecule has 0 spiro atoms. The van der Waals surface area contributed by atoms with Crippen LogP contribution in [0.4, 0.5) is 0 Å². The average molecular weight is 185 g/mol. The number of hydrogen-bond donors (Lipinski definition) is 2. The third kappa shape index (κ3) is 2.46. The molecule has 66 valence electrons. The zero-order valence-corrected chi connectivity index (χ0v) is 7.85. The van der Waals surface area contributed by atoms with E-state index in [2.05, 4.69) is 20.7 Å². The standard InChI is InChI=1S/C6H11N5S/c1-7-6(12)8-3-5-9-4-11(2)10-5/h4H,3H2,1-2H3,(H2,7,8,12). The van der Waals surface area contributed by atoms with Crippen molar-refractivity contribution in [2.75, 3.05) is 7.05 Å². The van der Waals surface area contributed by atoms with Crippen LogP contribution >= 0.6 is 12.2 Å². The number of aryl methyl sites for hydroxylation is 1. The van der Waals surface area contributed by atoms with Crippen LogP contribution in [-0.2, 0) is 13.6 Å². The van der Waals surface area contributed by atoms with Gasteiger partial charge in [0.1, 0.15) is 6.33 Å². The molecule has 1 heterocycles. The quantitative estimate of drug-likeness (QED) is 0.603. The minimum Gasteiger partial charge on any atom is -0.366 e. The second-order valence-electron chi connectivity index (χ2n) is 2.27. The van der Waals surface area contributed by atoms with Crippen molar-refractivity contribution in [2.45, 2.75) is 6.54 Å². The Hall–Kier alpha value is -1.17. The summed E-state index contributed by atoms with van der Waals surface area (Å²) < 4.78 is 1.65. The van der Waals surface area contributed by atoms with Gasteiger partial charge in [-0.05, 0) is 12.2 Å². The first-order chi connectivity index (χ1) is 5.72. The molecule has 0 aromatic carbocycles. The maximum atomic E-state index is 4.88. The maximum Gasteiger partial charge on any atom is 0.169 e. The number of aromatic nitrogens is 3. The summed E-state index contributed by atoms with van der Waals surface area (Å²) in [7, 11) is 3.59. The van der Waals surface area contributed by atoms with Crippen molar-refractivity contribution < 1.29 is 0 Å². The highest BCUT2D eigenvalue weighted by atomic mass is 32.1. The summed E-state index contributed by atoms with van der Waals surface area (Å²) in [6.45, 7) is 0.556. The van der Waals surface area contributed by atoms with Crippen LogP contribution in [0, 0.1) is 0 Å². The summed E-state index contributed by atoms with van der Waals surface area (Å²) in [5.74, 6) is 0.732. The normalized spacial score (nSPS) is 9.50. The zero-order valence-electron chi connectivity index (χ0n) is 7.03. The molecule has 0 aliphatic rings. The molecular weight excluding hydrogens is 174 g/mol. The Morgan fingerprint density at radius 1 is 1.75 bits per heavy atom. The van der Waals surface area contributed by atoms with Gasteiger partial charge in [-0.3, -0.25) is 4.68 Å². The fourth-order valence-electron chi connectivity index (χ4n) is 0.713. The van der Waals surface area contributed by atoms with Crippen LogP contribution in [0.15, 0.2) is 6.33 Å². The Bertz CT molecular complexity index is 269. The lowest BCUT2D eigenvalue weighted by molar-refractivity contribution is 0.727. The highest BCUT2D eigenvalue weighted by Crippen LogP contribution is 1.85. The zero-order chi connectivity index (χ0) is 8.97. The summed E-state index contributed by atoms with van der Waals surface area (Å²) >= 11 is 4.88. The van der Waals surface area contributed by atoms with Crippen molar-refractivity contribution in [3.8, 4) is 0 Å². The van der Waals surface area contributed by atoms with Gasteiger partial charge in [0, 0.05) is 14.1 Å². The van der Waals surface area contributed by atoms with Gasteiger partial charge >= 0.3 is 0 Å². The molecule has 1 aromatic heterocycles. The maximum absolute atomic E-state index is 4.88. The van der Waals surface area contributed by atoms with Gasteiger partial charge in [0.15, 0.2) is 10.9 Å². The molecular formula is C6H11N5S. The summed E-state index contributed by atoms with van der Waals surface area (Å²) in [4.78, 5) is 4.02. The predicted octanol–water partition coefficient (Wildman–Crippen LogP) is -0.591. The lowest BCUT2D eigenvalue weighted by Crippen LogP contribution is -2.32. The first kappa shape index (κ1) is 8.92. The fraction of sp³-hybridized carbons (Fsp3) is 0.500. The van der Waals surface area contributed by atoms with E-state index in [1.165, 1.54) is 0 Å². The summed E-state index contributed by atoms with van der Waals surface area (Å²) in [5.41, 5.74) is 0. The minimum absolute atomic E-state index is 0.556. The highest BCUT2D eigenvalue weighted by Gasteiger charge is 1.97. The second kappa shape index (κ2) is 4.01. The Morgan fingerprint density at radius 3 is 3.00 bits per heavy atom. The largest absolute Gasteiger partial charge is 0.366 e. The number of rotatable bonds is 2. The molecule has 0 bridgehead atoms. The molecule has 5 nitrogen and oxygen atoms in total. The number of thiocarbonyl (C=S) groups is 1. The first-order valence-electron chi connectivity index (χ1n) is 3.52. The Kier molecular flexibility index (Phi) is 2.98. The molecule has 0 aliphatic carbocycles. The van der Waals surface area contributed by atoms with E-state index in [1.54, 1.807) is 18.1 Å². The van der Waals surface area contributed by atoms with Crippen LogP contribution in [0.25, 0.3) is 0 Å². The van der Waals surface area contributed by atoms with Crippen LogP contribution in [0.1, 0.15) is 5.82 Å². The van der Waals surface area contributed by atoms with Gasteiger partial charge in [-0.15, -0.1) is 0 Å². The van der Waals surface area contributed by atoms with E-state index in [9.17, 15) is 0 Å². The molecule has 1 aromatic rings. The third-order valence-corrected chi connectivity index (χ3v) is 1.63. The van der Waals surface area contributed by atoms with Crippen LogP contribution < -0.4 is 10.6 Å². The highest BCUT2D eigenvalue weighted by molar-refractivity contribution is 7.80. The molecule has 0 atom stereocenters. The van der Waals surface area contributed by atoms with E-state index >= 15 is 0 Å². The van der Waals surface area contributed by atoms with E-state index in [0.717, 1.165) is 5.82 Å². The van der Waals surface area contributed by atoms with E-state index in [1.807, 2.05) is 7.05 Å². The lowest BCUT2D eigenvalue weighted by Gasteiger charge is -2.02. The van der Waals surface area contributed by atoms with Crippen LogP contribution in [0.5, 0.6) is 0 Å². The van der Waals surface area contributed by atoms with Crippen LogP contribution in [0.3, 0.4) is 0 Å². The monoisotopic (exact) mass is 185 g/mol. The number of hydrogen-bond acceptors (Lipinski definition) is 3. The van der Waals surface area contributed by atoms with E-state index in [-0.39, 0.29) is 0 Å². The van der Waals surface area contributed by atoms with Gasteiger partial charge in [0.25, 0.3) is 0 Å². The Morgan fingerprint density at radius 2 is 2.50 bits per heavy atom. The Labute approximate surface area is 76.2 Å². The molecule has 1 rings (SSSR count). The summed E-state index contributed by atoms with van der Waals surface area (Å²) in [6.07, 6.45) is 1.65. The van der Waals surface area contributed by atoms with Crippen molar-refractivity contribution in [1.29, 1.82) is 0 Å². The lowest BCUT2D eigenvalue weighted by atomic mass is 10.6. The first-order valence-corrected chi connectivity index (χ1v) is 3.93. The molecule has 2 N–H and O–H groups in total. The molecule has 6 heteroatoms. The van der Waals surface area contributed by atoms with Crippen molar-refractivity contribution >= 4 is 17.3 Å². The van der Waals surface area contributed by atoms with E-state index < -0.39 is 0 Å². The van der Waals surface area contributed by atoms with Gasteiger partial charge in [-0.25, -0.2) is 4.98 Å². The predicted molar refractivity (Wildman–Crippen MR) is 49.5 cm³/mol. The molecule has 0 unspecified atom stereocenters. The van der Waals surface area contributed by atoms with E-state index in [0.29, 0.717) is 11.7 Å². The molecule has 12 heavy (non-hydrogen) atoms. The molecule has 0 amide bonds. The molecule has 0 radical (unpaired) electrons. The topological polar surface area (TPSA) is 54.8 Å². The van der Waals surface area contributed by atoms with Gasteiger partial charge < -0.3 is 10.6 Å². The van der Waals surface area contributed by atoms with Crippen LogP contribution in [0.2, 0.25) is 0 Å². The average Bonchev–Trinajstić information content (AvgIpc) is 2.47. The summed E-state index contributed by atoms with van der Waals surface area (Å²) in [6, 6.07) is 0. The third-order valence-electron chi connectivity index (χ3n) is 1.28. The molecule has 0 aliphatic heterocycles. The summed E-state index contributed by atoms with van der Waals surface area (Å²) in [5, 5.41) is 10.4. The minimum atomic E-state index is 0.556. The van der Waals surface area contributed by atoms with Gasteiger partial charge in [0.05, 0.1) is 6.54 Å². The smallest absolute Gasteiger partial charge is 0.169 e. The van der Waals surface area contributed by atoms with E-state index in [4.69, 9.17) is 12.2 Å². The number of nitrogens with one attached hydrogen (secondary N) is 2. The van der Waals surface area contributed by atoms with Gasteiger partial charge in [0.2, 0.25) is 0 Å². The van der Waals surface area contributed by atoms with Crippen molar-refractivity contribution in [3.05, 3.63) is 12.2 Å². The van der Waals surface area contributed by atoms with Crippen molar-refractivity contribution in [3.63, 3.8) is 0 Å². The van der Waals surface area contributed by atoms with Crippen molar-refractivity contribution in [1.82, 2.24) is 25.4 Å². The molecule has 0 saturated carbocycles. The molecule has 0 saturated heterocycles. The number of nitrogens with zero attached hydrogens (tertiary/aromatic N) is 3. The Balaban J connectivity index is 2.38. The SMILES string of the molecule is CNC(=S)NCc1ncn(C)n1.